The SMILES string of the molecule is C=C(F)C(F)(F)CF.CC(=N)F. The highest BCUT2D eigenvalue weighted by Crippen LogP contribution is 2.23. The summed E-state index contributed by atoms with van der Waals surface area (Å²) in [5.74, 6) is -6.75. The Morgan fingerprint density at radius 2 is 1.67 bits per heavy atom. The summed E-state index contributed by atoms with van der Waals surface area (Å²) in [5.41, 5.74) is 0. The average Bonchev–Trinajstić information content (AvgIpc) is 1.86. The number of hydrogen-bond donors (Lipinski definition) is 1. The Balaban J connectivity index is 0. The van der Waals surface area contributed by atoms with E-state index in [1.807, 2.05) is 0 Å². The lowest BCUT2D eigenvalue weighted by atomic mass is 10.3. The minimum Gasteiger partial charge on any atom is -0.278 e. The smallest absolute Gasteiger partial charge is 0.278 e. The first-order valence-electron chi connectivity index (χ1n) is 2.73. The lowest BCUT2D eigenvalue weighted by Gasteiger charge is -2.05. The van der Waals surface area contributed by atoms with E-state index < -0.39 is 24.4 Å². The van der Waals surface area contributed by atoms with Crippen molar-refractivity contribution < 1.29 is 22.0 Å². The van der Waals surface area contributed by atoms with Crippen LogP contribution in [-0.2, 0) is 0 Å². The van der Waals surface area contributed by atoms with Gasteiger partial charge in [0.25, 0.3) is 0 Å². The van der Waals surface area contributed by atoms with E-state index in [1.165, 1.54) is 0 Å². The van der Waals surface area contributed by atoms with E-state index in [0.717, 1.165) is 6.92 Å². The van der Waals surface area contributed by atoms with Gasteiger partial charge in [-0.05, 0) is 0 Å². The van der Waals surface area contributed by atoms with Crippen LogP contribution in [0, 0.1) is 5.41 Å². The Bertz CT molecular complexity index is 161. The van der Waals surface area contributed by atoms with E-state index in [-0.39, 0.29) is 0 Å². The second-order valence-electron chi connectivity index (χ2n) is 1.78. The average molecular weight is 189 g/mol. The Morgan fingerprint density at radius 1 is 1.42 bits per heavy atom. The zero-order valence-corrected chi connectivity index (χ0v) is 6.30. The number of allylic oxidation sites excluding steroid dienone is 1. The third kappa shape index (κ3) is 9.06. The van der Waals surface area contributed by atoms with Gasteiger partial charge in [0.2, 0.25) is 0 Å². The van der Waals surface area contributed by atoms with Crippen molar-refractivity contribution in [3.8, 4) is 0 Å². The first kappa shape index (κ1) is 13.6. The Labute approximate surface area is 66.4 Å². The Hall–Kier alpha value is -0.940. The monoisotopic (exact) mass is 189 g/mol. The molecule has 0 amide bonds. The molecule has 1 N–H and O–H groups in total. The molecule has 0 radical (unpaired) electrons. The summed E-state index contributed by atoms with van der Waals surface area (Å²) in [6, 6.07) is 0. The quantitative estimate of drug-likeness (QED) is 0.510. The van der Waals surface area contributed by atoms with Crippen LogP contribution in [0.25, 0.3) is 0 Å². The van der Waals surface area contributed by atoms with E-state index in [9.17, 15) is 22.0 Å². The summed E-state index contributed by atoms with van der Waals surface area (Å²) in [6.45, 7) is 1.30. The fourth-order valence-corrected chi connectivity index (χ4v) is 0.0725. The predicted octanol–water partition coefficient (Wildman–Crippen LogP) is 3.03. The lowest BCUT2D eigenvalue weighted by molar-refractivity contribution is -0.00465. The highest BCUT2D eigenvalue weighted by Gasteiger charge is 2.33. The molecule has 0 heterocycles. The number of hydrogen-bond acceptors (Lipinski definition) is 1. The van der Waals surface area contributed by atoms with Crippen molar-refractivity contribution in [2.24, 2.45) is 0 Å². The molecule has 6 heteroatoms. The second kappa shape index (κ2) is 5.68. The van der Waals surface area contributed by atoms with Gasteiger partial charge in [0, 0.05) is 6.92 Å². The van der Waals surface area contributed by atoms with Crippen LogP contribution in [-0.4, -0.2) is 18.6 Å². The molecule has 0 atom stereocenters. The van der Waals surface area contributed by atoms with Crippen molar-refractivity contribution in [2.45, 2.75) is 12.8 Å². The van der Waals surface area contributed by atoms with E-state index in [0.29, 0.717) is 0 Å². The zero-order valence-electron chi connectivity index (χ0n) is 6.30. The van der Waals surface area contributed by atoms with Gasteiger partial charge in [-0.25, -0.2) is 8.78 Å². The van der Waals surface area contributed by atoms with Crippen LogP contribution in [0.3, 0.4) is 0 Å². The van der Waals surface area contributed by atoms with E-state index in [4.69, 9.17) is 5.41 Å². The van der Waals surface area contributed by atoms with Crippen LogP contribution in [0.15, 0.2) is 12.4 Å². The third-order valence-electron chi connectivity index (χ3n) is 0.565. The number of nitrogens with one attached hydrogen (secondary N) is 1. The van der Waals surface area contributed by atoms with Crippen LogP contribution in [0.2, 0.25) is 0 Å². The molecule has 1 nitrogen and oxygen atoms in total. The van der Waals surface area contributed by atoms with Crippen molar-refractivity contribution in [1.29, 1.82) is 5.41 Å². The van der Waals surface area contributed by atoms with Gasteiger partial charge in [0.15, 0.2) is 18.5 Å². The molecule has 0 aliphatic carbocycles. The van der Waals surface area contributed by atoms with Crippen molar-refractivity contribution in [3.63, 3.8) is 0 Å². The molecule has 0 aliphatic heterocycles. The molecular formula is C6H8F5N. The first-order chi connectivity index (χ1) is 5.24. The molecule has 0 aliphatic rings. The van der Waals surface area contributed by atoms with Crippen molar-refractivity contribution in [3.05, 3.63) is 12.4 Å². The molecule has 0 rings (SSSR count). The first-order valence-corrected chi connectivity index (χ1v) is 2.73. The van der Waals surface area contributed by atoms with Gasteiger partial charge in [-0.3, -0.25) is 5.41 Å². The van der Waals surface area contributed by atoms with Crippen LogP contribution in [0.4, 0.5) is 22.0 Å². The summed E-state index contributed by atoms with van der Waals surface area (Å²) >= 11 is 0. The highest BCUT2D eigenvalue weighted by molar-refractivity contribution is 5.67. The Kier molecular flexibility index (Phi) is 6.45. The highest BCUT2D eigenvalue weighted by atomic mass is 19.3. The summed E-state index contributed by atoms with van der Waals surface area (Å²) < 4.78 is 55.7. The van der Waals surface area contributed by atoms with Crippen molar-refractivity contribution in [2.75, 3.05) is 6.67 Å². The molecule has 0 spiro atoms. The minimum absolute atomic E-state index is 0.833. The van der Waals surface area contributed by atoms with Gasteiger partial charge in [-0.1, -0.05) is 6.58 Å². The molecular weight excluding hydrogens is 181 g/mol. The molecule has 72 valence electrons. The van der Waals surface area contributed by atoms with Crippen LogP contribution >= 0.6 is 0 Å². The molecule has 0 saturated carbocycles. The van der Waals surface area contributed by atoms with E-state index >= 15 is 0 Å². The molecule has 0 aromatic rings. The summed E-state index contributed by atoms with van der Waals surface area (Å²) in [6.07, 6.45) is 0. The van der Waals surface area contributed by atoms with Crippen molar-refractivity contribution >= 4 is 5.97 Å². The fraction of sp³-hybridized carbons (Fsp3) is 0.500. The van der Waals surface area contributed by atoms with Crippen LogP contribution in [0.5, 0.6) is 0 Å². The van der Waals surface area contributed by atoms with Gasteiger partial charge in [0.05, 0.1) is 0 Å². The summed E-state index contributed by atoms with van der Waals surface area (Å²) in [7, 11) is 0. The maximum absolute atomic E-state index is 11.4. The fourth-order valence-electron chi connectivity index (χ4n) is 0.0725. The van der Waals surface area contributed by atoms with E-state index in [1.54, 1.807) is 0 Å². The van der Waals surface area contributed by atoms with Gasteiger partial charge in [-0.2, -0.15) is 13.2 Å². The standard InChI is InChI=1S/C4H4F4.C2H4FN/c1-3(6)4(7,8)2-5;1-2(3)4/h1-2H2;4H,1H3. The number of halogens is 5. The topological polar surface area (TPSA) is 23.9 Å². The predicted molar refractivity (Wildman–Crippen MR) is 35.7 cm³/mol. The normalized spacial score (nSPS) is 9.83. The largest absolute Gasteiger partial charge is 0.325 e. The van der Waals surface area contributed by atoms with Gasteiger partial charge in [-0.15, -0.1) is 0 Å². The maximum atomic E-state index is 11.4. The number of rotatable bonds is 2. The Morgan fingerprint density at radius 3 is 1.67 bits per heavy atom. The maximum Gasteiger partial charge on any atom is 0.325 e. The zero-order chi connectivity index (χ0) is 10.4. The van der Waals surface area contributed by atoms with Crippen LogP contribution < -0.4 is 0 Å². The molecule has 0 saturated heterocycles. The van der Waals surface area contributed by atoms with Gasteiger partial charge in [0.1, 0.15) is 0 Å². The molecule has 0 aromatic carbocycles. The second-order valence-corrected chi connectivity index (χ2v) is 1.78. The summed E-state index contributed by atoms with van der Waals surface area (Å²) in [5, 5.41) is 5.83. The molecule has 0 fully saturated rings. The van der Waals surface area contributed by atoms with Gasteiger partial charge >= 0.3 is 5.92 Å². The minimum atomic E-state index is -3.99. The third-order valence-corrected chi connectivity index (χ3v) is 0.565. The number of alkyl halides is 3. The van der Waals surface area contributed by atoms with E-state index in [2.05, 4.69) is 6.58 Å². The van der Waals surface area contributed by atoms with Gasteiger partial charge < -0.3 is 0 Å². The van der Waals surface area contributed by atoms with Crippen LogP contribution in [0.1, 0.15) is 6.92 Å². The summed E-state index contributed by atoms with van der Waals surface area (Å²) in [4.78, 5) is 0. The van der Waals surface area contributed by atoms with Crippen molar-refractivity contribution in [1.82, 2.24) is 0 Å². The molecule has 0 aromatic heterocycles. The molecule has 12 heavy (non-hydrogen) atoms. The lowest BCUT2D eigenvalue weighted by Crippen LogP contribution is -2.18. The molecule has 0 unspecified atom stereocenters. The molecule has 0 bridgehead atoms.